The highest BCUT2D eigenvalue weighted by atomic mass is 16.3. The van der Waals surface area contributed by atoms with E-state index in [1.165, 1.54) is 0 Å². The summed E-state index contributed by atoms with van der Waals surface area (Å²) in [6, 6.07) is 6.73. The van der Waals surface area contributed by atoms with Gasteiger partial charge in [0.15, 0.2) is 5.88 Å². The Hall–Kier alpha value is -3.21. The summed E-state index contributed by atoms with van der Waals surface area (Å²) in [6.45, 7) is 0. The number of allylic oxidation sites excluding steroid dienone is 1. The van der Waals surface area contributed by atoms with Crippen molar-refractivity contribution >= 4 is 29.1 Å². The Morgan fingerprint density at radius 1 is 1.17 bits per heavy atom. The maximum atomic E-state index is 11.8. The first-order valence-electron chi connectivity index (χ1n) is 7.25. The third-order valence-electron chi connectivity index (χ3n) is 4.01. The SMILES string of the molecule is O=c1[nH]c(O)cc2c1=CCC(=Cc1c[nH]c3ccc(O)cc13)C=2. The van der Waals surface area contributed by atoms with E-state index in [1.54, 1.807) is 18.2 Å². The smallest absolute Gasteiger partial charge is 0.258 e. The van der Waals surface area contributed by atoms with Crippen LogP contribution in [0.1, 0.15) is 12.0 Å². The summed E-state index contributed by atoms with van der Waals surface area (Å²) in [5, 5.41) is 21.4. The summed E-state index contributed by atoms with van der Waals surface area (Å²) >= 11 is 0. The number of phenolic OH excluding ortho intramolecular Hbond substituents is 1. The molecule has 1 aliphatic carbocycles. The predicted molar refractivity (Wildman–Crippen MR) is 89.5 cm³/mol. The molecular weight excluding hydrogens is 292 g/mol. The van der Waals surface area contributed by atoms with Gasteiger partial charge in [0, 0.05) is 33.9 Å². The monoisotopic (exact) mass is 306 g/mol. The Labute approximate surface area is 130 Å². The van der Waals surface area contributed by atoms with Gasteiger partial charge in [-0.25, -0.2) is 0 Å². The van der Waals surface area contributed by atoms with E-state index < -0.39 is 0 Å². The molecule has 1 aromatic carbocycles. The fourth-order valence-corrected chi connectivity index (χ4v) is 2.93. The van der Waals surface area contributed by atoms with E-state index in [2.05, 4.69) is 9.97 Å². The van der Waals surface area contributed by atoms with Crippen LogP contribution >= 0.6 is 0 Å². The molecule has 0 radical (unpaired) electrons. The van der Waals surface area contributed by atoms with Crippen LogP contribution in [0.2, 0.25) is 0 Å². The number of aromatic amines is 2. The van der Waals surface area contributed by atoms with Gasteiger partial charge >= 0.3 is 0 Å². The molecular formula is C18H14N2O3. The number of hydrogen-bond acceptors (Lipinski definition) is 3. The minimum Gasteiger partial charge on any atom is -0.508 e. The standard InChI is InChI=1S/C18H14N2O3/c21-13-2-4-16-15(8-13)12(9-19-16)6-10-1-3-14-11(5-10)7-17(22)20-18(14)23/h2-9,19,21-22H,1H2,(H,20,23). The van der Waals surface area contributed by atoms with E-state index in [9.17, 15) is 15.0 Å². The van der Waals surface area contributed by atoms with Crippen LogP contribution in [0, 0.1) is 0 Å². The second-order valence-electron chi connectivity index (χ2n) is 5.60. The topological polar surface area (TPSA) is 89.1 Å². The Balaban J connectivity index is 1.87. The molecule has 0 bridgehead atoms. The molecule has 0 aliphatic heterocycles. The molecule has 0 amide bonds. The first-order valence-corrected chi connectivity index (χ1v) is 7.25. The lowest BCUT2D eigenvalue weighted by Gasteiger charge is -2.05. The molecule has 5 nitrogen and oxygen atoms in total. The van der Waals surface area contributed by atoms with Crippen LogP contribution in [0.15, 0.2) is 40.8 Å². The Morgan fingerprint density at radius 3 is 2.91 bits per heavy atom. The molecule has 0 spiro atoms. The van der Waals surface area contributed by atoms with Gasteiger partial charge in [0.25, 0.3) is 5.56 Å². The number of rotatable bonds is 1. The van der Waals surface area contributed by atoms with Gasteiger partial charge in [0.1, 0.15) is 5.75 Å². The van der Waals surface area contributed by atoms with Crippen LogP contribution in [0.3, 0.4) is 0 Å². The summed E-state index contributed by atoms with van der Waals surface area (Å²) in [4.78, 5) is 17.4. The van der Waals surface area contributed by atoms with Gasteiger partial charge < -0.3 is 15.2 Å². The third kappa shape index (κ3) is 2.32. The van der Waals surface area contributed by atoms with Crippen LogP contribution in [-0.4, -0.2) is 20.2 Å². The number of benzene rings is 1. The van der Waals surface area contributed by atoms with Crippen LogP contribution in [0.25, 0.3) is 29.1 Å². The van der Waals surface area contributed by atoms with Crippen LogP contribution in [-0.2, 0) is 0 Å². The summed E-state index contributed by atoms with van der Waals surface area (Å²) in [5.74, 6) is 0.0782. The van der Waals surface area contributed by atoms with Gasteiger partial charge in [0.05, 0.1) is 0 Å². The molecule has 5 heteroatoms. The molecule has 4 N–H and O–H groups in total. The zero-order valence-electron chi connectivity index (χ0n) is 12.1. The van der Waals surface area contributed by atoms with Gasteiger partial charge in [-0.3, -0.25) is 9.78 Å². The lowest BCUT2D eigenvalue weighted by atomic mass is 10.0. The fourth-order valence-electron chi connectivity index (χ4n) is 2.93. The highest BCUT2D eigenvalue weighted by Gasteiger charge is 2.06. The number of phenols is 1. The number of hydrogen-bond donors (Lipinski definition) is 4. The largest absolute Gasteiger partial charge is 0.508 e. The number of fused-ring (bicyclic) bond motifs is 2. The van der Waals surface area contributed by atoms with Gasteiger partial charge in [0.2, 0.25) is 0 Å². The molecule has 114 valence electrons. The molecule has 2 heterocycles. The lowest BCUT2D eigenvalue weighted by molar-refractivity contribution is 0.450. The summed E-state index contributed by atoms with van der Waals surface area (Å²) in [7, 11) is 0. The third-order valence-corrected chi connectivity index (χ3v) is 4.01. The molecule has 23 heavy (non-hydrogen) atoms. The van der Waals surface area contributed by atoms with E-state index in [0.717, 1.165) is 22.0 Å². The van der Waals surface area contributed by atoms with E-state index in [1.807, 2.05) is 30.5 Å². The van der Waals surface area contributed by atoms with Gasteiger partial charge in [-0.15, -0.1) is 0 Å². The molecule has 0 saturated heterocycles. The number of nitrogens with one attached hydrogen (secondary N) is 2. The first-order chi connectivity index (χ1) is 11.1. The normalized spacial score (nSPS) is 15.2. The number of pyridine rings is 1. The molecule has 2 aromatic heterocycles. The maximum Gasteiger partial charge on any atom is 0.258 e. The van der Waals surface area contributed by atoms with E-state index in [-0.39, 0.29) is 17.2 Å². The molecule has 1 aliphatic rings. The summed E-state index contributed by atoms with van der Waals surface area (Å²) < 4.78 is 0. The van der Waals surface area contributed by atoms with Crippen molar-refractivity contribution in [1.82, 2.24) is 9.97 Å². The van der Waals surface area contributed by atoms with Gasteiger partial charge in [-0.1, -0.05) is 12.2 Å². The Morgan fingerprint density at radius 2 is 2.04 bits per heavy atom. The van der Waals surface area contributed by atoms with Crippen molar-refractivity contribution in [3.8, 4) is 11.6 Å². The molecule has 0 unspecified atom stereocenters. The van der Waals surface area contributed by atoms with Crippen LogP contribution < -0.4 is 16.0 Å². The van der Waals surface area contributed by atoms with Crippen molar-refractivity contribution < 1.29 is 10.2 Å². The van der Waals surface area contributed by atoms with E-state index in [4.69, 9.17) is 0 Å². The highest BCUT2D eigenvalue weighted by molar-refractivity contribution is 5.91. The zero-order valence-corrected chi connectivity index (χ0v) is 12.1. The van der Waals surface area contributed by atoms with E-state index >= 15 is 0 Å². The lowest BCUT2D eigenvalue weighted by Crippen LogP contribution is -2.41. The average molecular weight is 306 g/mol. The first kappa shape index (κ1) is 13.5. The second kappa shape index (κ2) is 4.91. The minimum absolute atomic E-state index is 0.142. The molecule has 0 saturated carbocycles. The van der Waals surface area contributed by atoms with Crippen molar-refractivity contribution in [2.75, 3.05) is 0 Å². The van der Waals surface area contributed by atoms with Crippen molar-refractivity contribution in [3.63, 3.8) is 0 Å². The average Bonchev–Trinajstić information content (AvgIpc) is 2.89. The predicted octanol–water partition coefficient (Wildman–Crippen LogP) is 1.32. The minimum atomic E-state index is -0.285. The summed E-state index contributed by atoms with van der Waals surface area (Å²) in [6.07, 6.45) is 8.27. The molecule has 4 rings (SSSR count). The van der Waals surface area contributed by atoms with Crippen molar-refractivity contribution in [3.05, 3.63) is 62.4 Å². The maximum absolute atomic E-state index is 11.8. The fraction of sp³-hybridized carbons (Fsp3) is 0.0556. The van der Waals surface area contributed by atoms with Crippen molar-refractivity contribution in [2.45, 2.75) is 6.42 Å². The number of H-pyrrole nitrogens is 2. The Bertz CT molecular complexity index is 1130. The van der Waals surface area contributed by atoms with Crippen LogP contribution in [0.5, 0.6) is 11.6 Å². The van der Waals surface area contributed by atoms with Crippen molar-refractivity contribution in [2.24, 2.45) is 0 Å². The number of aromatic hydroxyl groups is 2. The quantitative estimate of drug-likeness (QED) is 0.546. The second-order valence-corrected chi connectivity index (χ2v) is 5.60. The van der Waals surface area contributed by atoms with Gasteiger partial charge in [-0.2, -0.15) is 0 Å². The van der Waals surface area contributed by atoms with Crippen molar-refractivity contribution in [1.29, 1.82) is 0 Å². The molecule has 0 fully saturated rings. The van der Waals surface area contributed by atoms with Crippen LogP contribution in [0.4, 0.5) is 0 Å². The zero-order chi connectivity index (χ0) is 16.0. The summed E-state index contributed by atoms with van der Waals surface area (Å²) in [5.41, 5.74) is 2.65. The number of aromatic nitrogens is 2. The van der Waals surface area contributed by atoms with E-state index in [0.29, 0.717) is 16.9 Å². The highest BCUT2D eigenvalue weighted by Crippen LogP contribution is 2.25. The van der Waals surface area contributed by atoms with Gasteiger partial charge in [-0.05, 0) is 41.5 Å². The molecule has 3 aromatic rings. The Kier molecular flexibility index (Phi) is 2.87. The molecule has 0 atom stereocenters.